The van der Waals surface area contributed by atoms with E-state index in [-0.39, 0.29) is 19.1 Å². The predicted molar refractivity (Wildman–Crippen MR) is 67.4 cm³/mol. The van der Waals surface area contributed by atoms with Gasteiger partial charge in [0.15, 0.2) is 11.5 Å². The number of fused-ring (bicyclic) bond motifs is 2. The van der Waals surface area contributed by atoms with Crippen LogP contribution in [0.25, 0.3) is 0 Å². The summed E-state index contributed by atoms with van der Waals surface area (Å²) in [6, 6.07) is 4.02. The maximum absolute atomic E-state index is 10.8. The lowest BCUT2D eigenvalue weighted by Gasteiger charge is -2.11. The molecule has 2 aliphatic rings. The average molecular weight is 266 g/mol. The summed E-state index contributed by atoms with van der Waals surface area (Å²) in [7, 11) is 0. The fraction of sp³-hybridized carbons (Fsp3) is 0.462. The van der Waals surface area contributed by atoms with Crippen molar-refractivity contribution in [2.24, 2.45) is 5.92 Å². The molecule has 96 valence electrons. The first-order valence-electron chi connectivity index (χ1n) is 5.99. The highest BCUT2D eigenvalue weighted by molar-refractivity contribution is 7.99. The molecule has 2 heterocycles. The summed E-state index contributed by atoms with van der Waals surface area (Å²) in [6.45, 7) is 0.279. The van der Waals surface area contributed by atoms with Gasteiger partial charge in [-0.05, 0) is 42.2 Å². The largest absolute Gasteiger partial charge is 0.481 e. The number of carbonyl (C=O) groups is 1. The molecule has 1 N–H and O–H groups in total. The van der Waals surface area contributed by atoms with Gasteiger partial charge in [0, 0.05) is 11.3 Å². The lowest BCUT2D eigenvalue weighted by Crippen LogP contribution is -2.10. The molecule has 0 amide bonds. The van der Waals surface area contributed by atoms with E-state index in [9.17, 15) is 4.79 Å². The van der Waals surface area contributed by atoms with E-state index >= 15 is 0 Å². The van der Waals surface area contributed by atoms with Crippen LogP contribution in [0.2, 0.25) is 0 Å². The molecule has 0 saturated heterocycles. The number of carboxylic acids is 1. The Kier molecular flexibility index (Phi) is 3.07. The van der Waals surface area contributed by atoms with Crippen LogP contribution in [0.3, 0.4) is 0 Å². The van der Waals surface area contributed by atoms with Crippen molar-refractivity contribution in [3.63, 3.8) is 0 Å². The molecule has 0 aromatic heterocycles. The molecular weight excluding hydrogens is 252 g/mol. The molecule has 0 spiro atoms. The molecule has 0 radical (unpaired) electrons. The zero-order chi connectivity index (χ0) is 12.5. The molecule has 2 aliphatic heterocycles. The minimum atomic E-state index is -0.714. The fourth-order valence-corrected chi connectivity index (χ4v) is 3.62. The van der Waals surface area contributed by atoms with Gasteiger partial charge in [-0.3, -0.25) is 4.79 Å². The van der Waals surface area contributed by atoms with Gasteiger partial charge in [0.2, 0.25) is 6.79 Å². The van der Waals surface area contributed by atoms with Crippen LogP contribution in [0.4, 0.5) is 0 Å². The van der Waals surface area contributed by atoms with Gasteiger partial charge in [0.25, 0.3) is 0 Å². The van der Waals surface area contributed by atoms with E-state index in [1.165, 1.54) is 10.5 Å². The van der Waals surface area contributed by atoms with Crippen LogP contribution in [-0.2, 0) is 11.2 Å². The first-order valence-corrected chi connectivity index (χ1v) is 6.98. The summed E-state index contributed by atoms with van der Waals surface area (Å²) in [5, 5.41) is 8.91. The Morgan fingerprint density at radius 2 is 2.17 bits per heavy atom. The number of carboxylic acid groups (broad SMARTS) is 1. The van der Waals surface area contributed by atoms with E-state index in [1.807, 2.05) is 12.1 Å². The number of ether oxygens (including phenoxy) is 2. The number of benzene rings is 1. The molecular formula is C13H14O4S. The quantitative estimate of drug-likeness (QED) is 0.891. The van der Waals surface area contributed by atoms with Crippen LogP contribution in [0, 0.1) is 5.92 Å². The first-order chi connectivity index (χ1) is 8.72. The summed E-state index contributed by atoms with van der Waals surface area (Å²) in [4.78, 5) is 12.0. The molecule has 1 aromatic carbocycles. The van der Waals surface area contributed by atoms with Crippen molar-refractivity contribution in [3.8, 4) is 11.5 Å². The van der Waals surface area contributed by atoms with Crippen molar-refractivity contribution in [1.29, 1.82) is 0 Å². The molecule has 0 fully saturated rings. The third-order valence-electron chi connectivity index (χ3n) is 3.31. The number of hydrogen-bond donors (Lipinski definition) is 1. The minimum absolute atomic E-state index is 0.219. The van der Waals surface area contributed by atoms with Gasteiger partial charge in [-0.15, -0.1) is 11.8 Å². The van der Waals surface area contributed by atoms with Crippen molar-refractivity contribution in [2.45, 2.75) is 24.2 Å². The van der Waals surface area contributed by atoms with Gasteiger partial charge in [-0.25, -0.2) is 0 Å². The summed E-state index contributed by atoms with van der Waals surface area (Å²) in [5.41, 5.74) is 1.19. The standard InChI is InChI=1S/C13H14O4S/c14-13(15)4-8-1-2-18-12-6-11-10(16-7-17-11)5-9(12)3-8/h5-6,8H,1-4,7H2,(H,14,15). The Hall–Kier alpha value is -1.36. The summed E-state index contributed by atoms with van der Waals surface area (Å²) in [6.07, 6.45) is 2.00. The van der Waals surface area contributed by atoms with E-state index in [0.717, 1.165) is 30.1 Å². The molecule has 0 aliphatic carbocycles. The monoisotopic (exact) mass is 266 g/mol. The van der Waals surface area contributed by atoms with Crippen LogP contribution in [0.1, 0.15) is 18.4 Å². The lowest BCUT2D eigenvalue weighted by atomic mass is 9.94. The fourth-order valence-electron chi connectivity index (χ4n) is 2.43. The van der Waals surface area contributed by atoms with Crippen molar-refractivity contribution >= 4 is 17.7 Å². The molecule has 1 aromatic rings. The maximum atomic E-state index is 10.8. The molecule has 5 heteroatoms. The second kappa shape index (κ2) is 4.72. The number of aliphatic carboxylic acids is 1. The Morgan fingerprint density at radius 1 is 1.39 bits per heavy atom. The van der Waals surface area contributed by atoms with Gasteiger partial charge in [0.05, 0.1) is 0 Å². The summed E-state index contributed by atoms with van der Waals surface area (Å²) < 4.78 is 10.7. The zero-order valence-electron chi connectivity index (χ0n) is 9.85. The number of hydrogen-bond acceptors (Lipinski definition) is 4. The maximum Gasteiger partial charge on any atom is 0.303 e. The van der Waals surface area contributed by atoms with Crippen molar-refractivity contribution < 1.29 is 19.4 Å². The highest BCUT2D eigenvalue weighted by Gasteiger charge is 2.23. The first kappa shape index (κ1) is 11.7. The second-order valence-corrected chi connectivity index (χ2v) is 5.76. The minimum Gasteiger partial charge on any atom is -0.481 e. The van der Waals surface area contributed by atoms with Crippen molar-refractivity contribution in [3.05, 3.63) is 17.7 Å². The molecule has 18 heavy (non-hydrogen) atoms. The Bertz CT molecular complexity index is 486. The van der Waals surface area contributed by atoms with Crippen LogP contribution >= 0.6 is 11.8 Å². The smallest absolute Gasteiger partial charge is 0.303 e. The van der Waals surface area contributed by atoms with Gasteiger partial charge in [0.1, 0.15) is 0 Å². The highest BCUT2D eigenvalue weighted by Crippen LogP contribution is 2.41. The number of thioether (sulfide) groups is 1. The van der Waals surface area contributed by atoms with E-state index in [2.05, 4.69) is 0 Å². The van der Waals surface area contributed by atoms with Crippen LogP contribution in [0.15, 0.2) is 17.0 Å². The second-order valence-electron chi connectivity index (χ2n) is 4.62. The van der Waals surface area contributed by atoms with E-state index < -0.39 is 5.97 Å². The van der Waals surface area contributed by atoms with Crippen molar-refractivity contribution in [1.82, 2.24) is 0 Å². The summed E-state index contributed by atoms with van der Waals surface area (Å²) >= 11 is 1.78. The Morgan fingerprint density at radius 3 is 2.94 bits per heavy atom. The topological polar surface area (TPSA) is 55.8 Å². The highest BCUT2D eigenvalue weighted by atomic mass is 32.2. The van der Waals surface area contributed by atoms with E-state index in [0.29, 0.717) is 0 Å². The lowest BCUT2D eigenvalue weighted by molar-refractivity contribution is -0.138. The van der Waals surface area contributed by atoms with Gasteiger partial charge in [-0.1, -0.05) is 0 Å². The molecule has 1 unspecified atom stereocenters. The average Bonchev–Trinajstić information content (AvgIpc) is 2.66. The molecule has 3 rings (SSSR count). The summed E-state index contributed by atoms with van der Waals surface area (Å²) in [5.74, 6) is 2.05. The third kappa shape index (κ3) is 2.27. The van der Waals surface area contributed by atoms with Crippen LogP contribution in [0.5, 0.6) is 11.5 Å². The van der Waals surface area contributed by atoms with Crippen LogP contribution < -0.4 is 9.47 Å². The predicted octanol–water partition coefficient (Wildman–Crippen LogP) is 2.54. The zero-order valence-corrected chi connectivity index (χ0v) is 10.7. The third-order valence-corrected chi connectivity index (χ3v) is 4.44. The molecule has 0 saturated carbocycles. The SMILES string of the molecule is O=C(O)CC1CCSc2cc3c(cc2C1)OCO3. The normalized spacial score (nSPS) is 21.2. The van der Waals surface area contributed by atoms with Crippen molar-refractivity contribution in [2.75, 3.05) is 12.5 Å². The van der Waals surface area contributed by atoms with Gasteiger partial charge in [-0.2, -0.15) is 0 Å². The van der Waals surface area contributed by atoms with Gasteiger partial charge < -0.3 is 14.6 Å². The Labute approximate surface area is 109 Å². The molecule has 1 atom stereocenters. The van der Waals surface area contributed by atoms with Gasteiger partial charge >= 0.3 is 5.97 Å². The van der Waals surface area contributed by atoms with E-state index in [4.69, 9.17) is 14.6 Å². The Balaban J connectivity index is 1.87. The molecule has 0 bridgehead atoms. The van der Waals surface area contributed by atoms with E-state index in [1.54, 1.807) is 11.8 Å². The molecule has 4 nitrogen and oxygen atoms in total. The van der Waals surface area contributed by atoms with Crippen LogP contribution in [-0.4, -0.2) is 23.6 Å². The number of rotatable bonds is 2.